The third-order valence-electron chi connectivity index (χ3n) is 0.903. The van der Waals surface area contributed by atoms with Crippen molar-refractivity contribution < 1.29 is 0 Å². The van der Waals surface area contributed by atoms with Crippen molar-refractivity contribution in [1.82, 2.24) is 14.8 Å². The zero-order valence-corrected chi connectivity index (χ0v) is 6.92. The maximum absolute atomic E-state index is 5.33. The highest BCUT2D eigenvalue weighted by Crippen LogP contribution is 1.92. The first-order chi connectivity index (χ1) is 4.70. The van der Waals surface area contributed by atoms with Crippen molar-refractivity contribution in [2.75, 3.05) is 5.73 Å². The van der Waals surface area contributed by atoms with Gasteiger partial charge in [-0.3, -0.25) is 0 Å². The summed E-state index contributed by atoms with van der Waals surface area (Å²) in [5.41, 5.74) is 5.33. The Labute approximate surface area is 61.1 Å². The Morgan fingerprint density at radius 2 is 1.90 bits per heavy atom. The summed E-state index contributed by atoms with van der Waals surface area (Å²) in [6.45, 7) is 5.80. The predicted molar refractivity (Wildman–Crippen MR) is 41.5 cm³/mol. The Morgan fingerprint density at radius 3 is 2.00 bits per heavy atom. The zero-order chi connectivity index (χ0) is 8.15. The lowest BCUT2D eigenvalue weighted by Gasteiger charge is -1.85. The van der Waals surface area contributed by atoms with Crippen molar-refractivity contribution in [2.24, 2.45) is 7.05 Å². The fourth-order valence-electron chi connectivity index (χ4n) is 0.529. The monoisotopic (exact) mass is 142 g/mol. The lowest BCUT2D eigenvalue weighted by molar-refractivity contribution is 0.767. The minimum absolute atomic E-state index is 0.461. The van der Waals surface area contributed by atoms with Crippen LogP contribution in [0.4, 0.5) is 5.95 Å². The summed E-state index contributed by atoms with van der Waals surface area (Å²) in [6, 6.07) is 0. The summed E-state index contributed by atoms with van der Waals surface area (Å²) >= 11 is 0. The molecule has 0 bridgehead atoms. The molecule has 0 aliphatic rings. The molecule has 58 valence electrons. The molecule has 4 nitrogen and oxygen atoms in total. The van der Waals surface area contributed by atoms with Gasteiger partial charge in [0.1, 0.15) is 5.82 Å². The highest BCUT2D eigenvalue weighted by molar-refractivity contribution is 5.14. The van der Waals surface area contributed by atoms with Gasteiger partial charge >= 0.3 is 0 Å². The first-order valence-corrected chi connectivity index (χ1v) is 3.33. The smallest absolute Gasteiger partial charge is 0.218 e. The van der Waals surface area contributed by atoms with Crippen molar-refractivity contribution in [2.45, 2.75) is 20.8 Å². The van der Waals surface area contributed by atoms with E-state index >= 15 is 0 Å². The van der Waals surface area contributed by atoms with Gasteiger partial charge in [0.15, 0.2) is 0 Å². The number of nitrogens with zero attached hydrogens (tertiary/aromatic N) is 3. The van der Waals surface area contributed by atoms with E-state index < -0.39 is 0 Å². The number of aryl methyl sites for hydroxylation is 2. The van der Waals surface area contributed by atoms with E-state index in [-0.39, 0.29) is 0 Å². The van der Waals surface area contributed by atoms with E-state index in [1.54, 1.807) is 14.0 Å². The maximum atomic E-state index is 5.33. The third kappa shape index (κ3) is 2.05. The number of aromatic nitrogens is 3. The predicted octanol–water partition coefficient (Wildman–Crippen LogP) is 0.732. The Morgan fingerprint density at radius 1 is 1.40 bits per heavy atom. The van der Waals surface area contributed by atoms with Crippen LogP contribution in [0.5, 0.6) is 0 Å². The summed E-state index contributed by atoms with van der Waals surface area (Å²) in [4.78, 5) is 3.84. The van der Waals surface area contributed by atoms with Crippen LogP contribution in [0.25, 0.3) is 0 Å². The molecule has 0 radical (unpaired) electrons. The largest absolute Gasteiger partial charge is 0.368 e. The van der Waals surface area contributed by atoms with Crippen LogP contribution >= 0.6 is 0 Å². The number of nitrogen functional groups attached to an aromatic ring is 1. The van der Waals surface area contributed by atoms with Gasteiger partial charge in [-0.15, -0.1) is 0 Å². The normalized spacial score (nSPS) is 8.40. The summed E-state index contributed by atoms with van der Waals surface area (Å²) in [5.74, 6) is 1.17. The molecule has 0 saturated carbocycles. The fourth-order valence-corrected chi connectivity index (χ4v) is 0.529. The summed E-state index contributed by atoms with van der Waals surface area (Å²) < 4.78 is 1.54. The third-order valence-corrected chi connectivity index (χ3v) is 0.903. The van der Waals surface area contributed by atoms with Crippen LogP contribution in [-0.4, -0.2) is 14.8 Å². The van der Waals surface area contributed by atoms with Crippen molar-refractivity contribution in [3.8, 4) is 0 Å². The summed E-state index contributed by atoms with van der Waals surface area (Å²) in [7, 11) is 1.76. The van der Waals surface area contributed by atoms with E-state index in [0.717, 1.165) is 0 Å². The molecule has 4 heteroatoms. The molecule has 1 aromatic heterocycles. The number of hydrogen-bond acceptors (Lipinski definition) is 3. The standard InChI is InChI=1S/C4H8N4.C2H6/c1-3-6-4(5)8(2)7-3;1-2/h1-2H3,(H2,5,6,7);1-2H3. The molecular formula is C6H14N4. The van der Waals surface area contributed by atoms with E-state index in [1.807, 2.05) is 13.8 Å². The second-order valence-corrected chi connectivity index (χ2v) is 1.64. The van der Waals surface area contributed by atoms with Gasteiger partial charge in [0.2, 0.25) is 5.95 Å². The van der Waals surface area contributed by atoms with Gasteiger partial charge in [-0.05, 0) is 6.92 Å². The SMILES string of the molecule is CC.Cc1nc(N)n(C)n1. The Hall–Kier alpha value is -1.06. The van der Waals surface area contributed by atoms with Gasteiger partial charge in [0.05, 0.1) is 0 Å². The molecule has 0 saturated heterocycles. The molecule has 1 heterocycles. The van der Waals surface area contributed by atoms with Gasteiger partial charge in [-0.2, -0.15) is 10.1 Å². The first-order valence-electron chi connectivity index (χ1n) is 3.33. The van der Waals surface area contributed by atoms with Crippen LogP contribution in [0.1, 0.15) is 19.7 Å². The average molecular weight is 142 g/mol. The second-order valence-electron chi connectivity index (χ2n) is 1.64. The molecule has 0 aliphatic carbocycles. The van der Waals surface area contributed by atoms with Crippen LogP contribution in [0.2, 0.25) is 0 Å². The van der Waals surface area contributed by atoms with Crippen LogP contribution in [0, 0.1) is 6.92 Å². The van der Waals surface area contributed by atoms with Gasteiger partial charge in [0.25, 0.3) is 0 Å². The van der Waals surface area contributed by atoms with Crippen LogP contribution < -0.4 is 5.73 Å². The molecule has 0 aliphatic heterocycles. The maximum Gasteiger partial charge on any atom is 0.218 e. The quantitative estimate of drug-likeness (QED) is 0.581. The molecule has 10 heavy (non-hydrogen) atoms. The van der Waals surface area contributed by atoms with Gasteiger partial charge in [0, 0.05) is 7.05 Å². The summed E-state index contributed by atoms with van der Waals surface area (Å²) in [5, 5.41) is 3.89. The van der Waals surface area contributed by atoms with E-state index in [0.29, 0.717) is 11.8 Å². The molecule has 1 rings (SSSR count). The molecular weight excluding hydrogens is 128 g/mol. The van der Waals surface area contributed by atoms with Gasteiger partial charge in [-0.25, -0.2) is 4.68 Å². The molecule has 0 amide bonds. The number of rotatable bonds is 0. The highest BCUT2D eigenvalue weighted by atomic mass is 15.4. The number of hydrogen-bond donors (Lipinski definition) is 1. The van der Waals surface area contributed by atoms with E-state index in [9.17, 15) is 0 Å². The van der Waals surface area contributed by atoms with Crippen LogP contribution in [0.15, 0.2) is 0 Å². The molecule has 2 N–H and O–H groups in total. The van der Waals surface area contributed by atoms with Crippen molar-refractivity contribution >= 4 is 5.95 Å². The number of anilines is 1. The lowest BCUT2D eigenvalue weighted by Crippen LogP contribution is -1.97. The minimum atomic E-state index is 0.461. The topological polar surface area (TPSA) is 56.7 Å². The van der Waals surface area contributed by atoms with Crippen LogP contribution in [0.3, 0.4) is 0 Å². The minimum Gasteiger partial charge on any atom is -0.368 e. The second kappa shape index (κ2) is 3.87. The molecule has 0 aromatic carbocycles. The first kappa shape index (κ1) is 8.94. The molecule has 0 fully saturated rings. The van der Waals surface area contributed by atoms with E-state index in [1.165, 1.54) is 4.68 Å². The Kier molecular flexibility index (Phi) is 3.46. The van der Waals surface area contributed by atoms with Crippen molar-refractivity contribution in [1.29, 1.82) is 0 Å². The van der Waals surface area contributed by atoms with E-state index in [4.69, 9.17) is 5.73 Å². The fraction of sp³-hybridized carbons (Fsp3) is 0.667. The van der Waals surface area contributed by atoms with Crippen molar-refractivity contribution in [3.63, 3.8) is 0 Å². The zero-order valence-electron chi connectivity index (χ0n) is 6.92. The summed E-state index contributed by atoms with van der Waals surface area (Å²) in [6.07, 6.45) is 0. The number of nitrogens with two attached hydrogens (primary N) is 1. The van der Waals surface area contributed by atoms with E-state index in [2.05, 4.69) is 10.1 Å². The van der Waals surface area contributed by atoms with Gasteiger partial charge in [-0.1, -0.05) is 13.8 Å². The highest BCUT2D eigenvalue weighted by Gasteiger charge is 1.94. The molecule has 1 aromatic rings. The van der Waals surface area contributed by atoms with Gasteiger partial charge < -0.3 is 5.73 Å². The molecule has 0 spiro atoms. The molecule has 0 atom stereocenters. The Bertz CT molecular complexity index is 172. The van der Waals surface area contributed by atoms with Crippen LogP contribution in [-0.2, 0) is 7.05 Å². The average Bonchev–Trinajstić information content (AvgIpc) is 2.16. The lowest BCUT2D eigenvalue weighted by atomic mass is 10.8. The molecule has 0 unspecified atom stereocenters. The van der Waals surface area contributed by atoms with Crippen molar-refractivity contribution in [3.05, 3.63) is 5.82 Å². The Balaban J connectivity index is 0.000000371.